The van der Waals surface area contributed by atoms with Crippen molar-refractivity contribution >= 4 is 12.0 Å². The number of aliphatic carboxylic acids is 1. The van der Waals surface area contributed by atoms with Crippen molar-refractivity contribution in [1.82, 2.24) is 10.2 Å². The first-order valence-corrected chi connectivity index (χ1v) is 9.39. The van der Waals surface area contributed by atoms with Gasteiger partial charge in [-0.2, -0.15) is 0 Å². The average molecular weight is 360 g/mol. The number of carboxylic acids is 1. The summed E-state index contributed by atoms with van der Waals surface area (Å²) >= 11 is 0. The highest BCUT2D eigenvalue weighted by Crippen LogP contribution is 2.48. The molecule has 3 rings (SSSR count). The zero-order valence-electron chi connectivity index (χ0n) is 15.3. The van der Waals surface area contributed by atoms with Crippen molar-refractivity contribution in [2.75, 3.05) is 26.2 Å². The molecule has 6 heteroatoms. The number of urea groups is 1. The van der Waals surface area contributed by atoms with E-state index in [1.165, 1.54) is 0 Å². The van der Waals surface area contributed by atoms with Gasteiger partial charge in [-0.05, 0) is 30.2 Å². The van der Waals surface area contributed by atoms with Crippen LogP contribution < -0.4 is 5.32 Å². The Morgan fingerprint density at radius 1 is 1.38 bits per heavy atom. The molecule has 1 aliphatic carbocycles. The molecule has 2 amide bonds. The molecule has 0 bridgehead atoms. The largest absolute Gasteiger partial charge is 0.481 e. The number of carbonyl (C=O) groups excluding carboxylic acids is 1. The molecule has 142 valence electrons. The van der Waals surface area contributed by atoms with Gasteiger partial charge in [0.15, 0.2) is 0 Å². The molecular weight excluding hydrogens is 332 g/mol. The molecule has 6 nitrogen and oxygen atoms in total. The lowest BCUT2D eigenvalue weighted by Gasteiger charge is -2.23. The number of hydrogen-bond acceptors (Lipinski definition) is 3. The van der Waals surface area contributed by atoms with Gasteiger partial charge >= 0.3 is 12.0 Å². The summed E-state index contributed by atoms with van der Waals surface area (Å²) in [6, 6.07) is 9.83. The maximum absolute atomic E-state index is 12.4. The first kappa shape index (κ1) is 18.7. The Hall–Kier alpha value is -2.08. The zero-order valence-corrected chi connectivity index (χ0v) is 15.3. The number of rotatable bonds is 7. The Balaban J connectivity index is 1.39. The van der Waals surface area contributed by atoms with Gasteiger partial charge in [-0.3, -0.25) is 4.79 Å². The third-order valence-electron chi connectivity index (χ3n) is 5.70. The number of carbonyl (C=O) groups is 2. The van der Waals surface area contributed by atoms with Crippen LogP contribution in [0.5, 0.6) is 0 Å². The number of hydrogen-bond donors (Lipinski definition) is 2. The maximum atomic E-state index is 12.4. The molecule has 1 aromatic rings. The summed E-state index contributed by atoms with van der Waals surface area (Å²) in [5, 5.41) is 12.5. The molecule has 2 aliphatic rings. The molecule has 0 radical (unpaired) electrons. The van der Waals surface area contributed by atoms with Gasteiger partial charge in [-0.1, -0.05) is 43.7 Å². The monoisotopic (exact) mass is 360 g/mol. The number of nitrogens with one attached hydrogen (secondary N) is 1. The third-order valence-corrected chi connectivity index (χ3v) is 5.70. The molecule has 1 saturated carbocycles. The highest BCUT2D eigenvalue weighted by Gasteiger charge is 2.55. The molecule has 1 aromatic carbocycles. The minimum atomic E-state index is -0.752. The van der Waals surface area contributed by atoms with Gasteiger partial charge in [-0.15, -0.1) is 0 Å². The lowest BCUT2D eigenvalue weighted by molar-refractivity contribution is -0.149. The second-order valence-electron chi connectivity index (χ2n) is 7.72. The zero-order chi connectivity index (χ0) is 18.6. The number of amides is 2. The number of fused-ring (bicyclic) bond motifs is 1. The molecule has 1 saturated heterocycles. The van der Waals surface area contributed by atoms with Crippen LogP contribution in [0.15, 0.2) is 30.3 Å². The average Bonchev–Trinajstić information content (AvgIpc) is 3.19. The second kappa shape index (κ2) is 8.08. The van der Waals surface area contributed by atoms with E-state index in [1.54, 1.807) is 4.90 Å². The Morgan fingerprint density at radius 2 is 2.15 bits per heavy atom. The maximum Gasteiger partial charge on any atom is 0.317 e. The molecule has 0 aromatic heterocycles. The van der Waals surface area contributed by atoms with Gasteiger partial charge < -0.3 is 20.1 Å². The van der Waals surface area contributed by atoms with Crippen molar-refractivity contribution in [2.24, 2.45) is 17.3 Å². The van der Waals surface area contributed by atoms with E-state index in [0.717, 1.165) is 18.4 Å². The third kappa shape index (κ3) is 4.01. The van der Waals surface area contributed by atoms with Crippen molar-refractivity contribution in [1.29, 1.82) is 0 Å². The van der Waals surface area contributed by atoms with Crippen LogP contribution in [0.2, 0.25) is 0 Å². The van der Waals surface area contributed by atoms with Crippen molar-refractivity contribution < 1.29 is 19.4 Å². The number of carboxylic acid groups (broad SMARTS) is 1. The lowest BCUT2D eigenvalue weighted by atomic mass is 9.81. The van der Waals surface area contributed by atoms with E-state index < -0.39 is 11.4 Å². The van der Waals surface area contributed by atoms with E-state index in [1.807, 2.05) is 37.3 Å². The van der Waals surface area contributed by atoms with E-state index >= 15 is 0 Å². The van der Waals surface area contributed by atoms with Crippen molar-refractivity contribution in [2.45, 2.75) is 32.8 Å². The van der Waals surface area contributed by atoms with Crippen LogP contribution in [-0.4, -0.2) is 48.2 Å². The first-order valence-electron chi connectivity index (χ1n) is 9.39. The van der Waals surface area contributed by atoms with Crippen LogP contribution in [0.4, 0.5) is 4.79 Å². The molecule has 3 atom stereocenters. The lowest BCUT2D eigenvalue weighted by Crippen LogP contribution is -2.43. The minimum Gasteiger partial charge on any atom is -0.481 e. The molecule has 2 N–H and O–H groups in total. The van der Waals surface area contributed by atoms with Gasteiger partial charge in [0.2, 0.25) is 0 Å². The predicted octanol–water partition coefficient (Wildman–Crippen LogP) is 2.74. The topological polar surface area (TPSA) is 78.9 Å². The number of likely N-dealkylation sites (tertiary alicyclic amines) is 1. The Morgan fingerprint density at radius 3 is 2.85 bits per heavy atom. The molecule has 1 aliphatic heterocycles. The first-order chi connectivity index (χ1) is 12.5. The summed E-state index contributed by atoms with van der Waals surface area (Å²) in [5.74, 6) is -0.464. The number of ether oxygens (including phenoxy) is 1. The van der Waals surface area contributed by atoms with Gasteiger partial charge in [0.05, 0.1) is 18.6 Å². The molecular formula is C20H28N2O4. The highest BCUT2D eigenvalue weighted by atomic mass is 16.5. The Bertz CT molecular complexity index is 636. The molecule has 26 heavy (non-hydrogen) atoms. The van der Waals surface area contributed by atoms with Crippen molar-refractivity contribution in [3.63, 3.8) is 0 Å². The minimum absolute atomic E-state index is 0.0948. The fourth-order valence-corrected chi connectivity index (χ4v) is 4.18. The van der Waals surface area contributed by atoms with Gasteiger partial charge in [0.25, 0.3) is 0 Å². The Labute approximate surface area is 154 Å². The van der Waals surface area contributed by atoms with Crippen LogP contribution in [0.3, 0.4) is 0 Å². The fraction of sp³-hybridized carbons (Fsp3) is 0.600. The normalized spacial score (nSPS) is 25.7. The second-order valence-corrected chi connectivity index (χ2v) is 7.72. The fourth-order valence-electron chi connectivity index (χ4n) is 4.18. The smallest absolute Gasteiger partial charge is 0.317 e. The van der Waals surface area contributed by atoms with Crippen LogP contribution in [0.25, 0.3) is 0 Å². The van der Waals surface area contributed by atoms with E-state index in [0.29, 0.717) is 39.3 Å². The van der Waals surface area contributed by atoms with Gasteiger partial charge in [0, 0.05) is 19.6 Å². The molecule has 1 unspecified atom stereocenters. The van der Waals surface area contributed by atoms with E-state index in [2.05, 4.69) is 5.32 Å². The predicted molar refractivity (Wildman–Crippen MR) is 97.6 cm³/mol. The van der Waals surface area contributed by atoms with E-state index in [4.69, 9.17) is 4.74 Å². The van der Waals surface area contributed by atoms with Gasteiger partial charge in [-0.25, -0.2) is 4.79 Å². The van der Waals surface area contributed by atoms with E-state index in [-0.39, 0.29) is 17.9 Å². The summed E-state index contributed by atoms with van der Waals surface area (Å²) in [6.45, 7) is 4.57. The standard InChI is InChI=1S/C20H28N2O4/c1-15(12-26-13-16-6-3-2-4-7-16)10-21-19(25)22-11-17-8-5-9-20(17,14-22)18(23)24/h2-4,6-7,15,17H,5,8-14H2,1H3,(H,21,25)(H,23,24)/t15?,17-,20+/m0/s1. The summed E-state index contributed by atoms with van der Waals surface area (Å²) in [5.41, 5.74) is 0.410. The van der Waals surface area contributed by atoms with E-state index in [9.17, 15) is 14.7 Å². The highest BCUT2D eigenvalue weighted by molar-refractivity contribution is 5.80. The summed E-state index contributed by atoms with van der Waals surface area (Å²) in [4.78, 5) is 25.8. The van der Waals surface area contributed by atoms with Crippen molar-refractivity contribution in [3.8, 4) is 0 Å². The van der Waals surface area contributed by atoms with Gasteiger partial charge in [0.1, 0.15) is 0 Å². The number of benzene rings is 1. The van der Waals surface area contributed by atoms with Crippen molar-refractivity contribution in [3.05, 3.63) is 35.9 Å². The molecule has 2 fully saturated rings. The SMILES string of the molecule is CC(CNC(=O)N1C[C@@H]2CCC[C@@]2(C(=O)O)C1)COCc1ccccc1. The summed E-state index contributed by atoms with van der Waals surface area (Å²) in [7, 11) is 0. The van der Waals surface area contributed by atoms with Crippen LogP contribution >= 0.6 is 0 Å². The molecule has 0 spiro atoms. The Kier molecular flexibility index (Phi) is 5.81. The van der Waals surface area contributed by atoms with Crippen LogP contribution in [0, 0.1) is 17.3 Å². The summed E-state index contributed by atoms with van der Waals surface area (Å²) in [6.07, 6.45) is 2.53. The number of nitrogens with zero attached hydrogens (tertiary/aromatic N) is 1. The van der Waals surface area contributed by atoms with Crippen LogP contribution in [-0.2, 0) is 16.1 Å². The molecule has 1 heterocycles. The van der Waals surface area contributed by atoms with Crippen LogP contribution in [0.1, 0.15) is 31.7 Å². The quantitative estimate of drug-likeness (QED) is 0.784. The summed E-state index contributed by atoms with van der Waals surface area (Å²) < 4.78 is 5.70.